The van der Waals surface area contributed by atoms with Crippen molar-refractivity contribution in [2.45, 2.75) is 17.4 Å². The minimum Gasteiger partial charge on any atom is -0.382 e. The number of carbonyl (C=O) groups is 1. The number of alkyl halides is 3. The zero-order valence-electron chi connectivity index (χ0n) is 11.8. The summed E-state index contributed by atoms with van der Waals surface area (Å²) in [4.78, 5) is 17.3. The summed E-state index contributed by atoms with van der Waals surface area (Å²) in [5.74, 6) is -0.674. The number of amides is 1. The third-order valence-electron chi connectivity index (χ3n) is 3.07. The van der Waals surface area contributed by atoms with Gasteiger partial charge in [0.1, 0.15) is 0 Å². The predicted molar refractivity (Wildman–Crippen MR) is 76.0 cm³/mol. The van der Waals surface area contributed by atoms with E-state index in [1.165, 1.54) is 18.8 Å². The molecule has 1 N–H and O–H groups in total. The van der Waals surface area contributed by atoms with Gasteiger partial charge in [-0.25, -0.2) is 4.98 Å². The highest BCUT2D eigenvalue weighted by Crippen LogP contribution is 2.23. The van der Waals surface area contributed by atoms with Crippen LogP contribution in [0.5, 0.6) is 0 Å². The molecule has 2 aromatic heterocycles. The quantitative estimate of drug-likeness (QED) is 0.870. The normalized spacial score (nSPS) is 13.4. The maximum atomic E-state index is 12.4. The second-order valence-corrected chi connectivity index (χ2v) is 5.42. The van der Waals surface area contributed by atoms with Crippen molar-refractivity contribution in [1.29, 1.82) is 0 Å². The van der Waals surface area contributed by atoms with Crippen molar-refractivity contribution in [3.05, 3.63) is 30.1 Å². The Morgan fingerprint density at radius 1 is 1.50 bits per heavy atom. The molecule has 2 aromatic rings. The van der Waals surface area contributed by atoms with Gasteiger partial charge in [0.25, 0.3) is 5.91 Å². The lowest BCUT2D eigenvalue weighted by Crippen LogP contribution is -2.41. The highest BCUT2D eigenvalue weighted by atomic mass is 32.2. The zero-order valence-corrected chi connectivity index (χ0v) is 12.6. The number of thioether (sulfide) groups is 1. The van der Waals surface area contributed by atoms with Crippen LogP contribution in [0.2, 0.25) is 0 Å². The molecule has 0 bridgehead atoms. The molecule has 2 heterocycles. The van der Waals surface area contributed by atoms with Gasteiger partial charge >= 0.3 is 6.18 Å². The highest BCUT2D eigenvalue weighted by Gasteiger charge is 2.39. The van der Waals surface area contributed by atoms with Crippen molar-refractivity contribution in [3.63, 3.8) is 0 Å². The fourth-order valence-corrected chi connectivity index (χ4v) is 2.48. The van der Waals surface area contributed by atoms with Crippen LogP contribution in [0.4, 0.5) is 13.2 Å². The summed E-state index contributed by atoms with van der Waals surface area (Å²) in [5, 5.41) is 9.63. The van der Waals surface area contributed by atoms with Gasteiger partial charge in [-0.2, -0.15) is 13.2 Å². The molecule has 0 saturated heterocycles. The summed E-state index contributed by atoms with van der Waals surface area (Å²) in [6.07, 6.45) is -3.85. The molecule has 0 aliphatic carbocycles. The number of pyridine rings is 1. The summed E-state index contributed by atoms with van der Waals surface area (Å²) < 4.78 is 38.8. The van der Waals surface area contributed by atoms with Gasteiger partial charge in [-0.15, -0.1) is 0 Å². The van der Waals surface area contributed by atoms with E-state index in [1.807, 2.05) is 0 Å². The van der Waals surface area contributed by atoms with Gasteiger partial charge in [0.15, 0.2) is 17.0 Å². The second-order valence-electron chi connectivity index (χ2n) is 4.65. The largest absolute Gasteiger partial charge is 0.416 e. The molecule has 9 heteroatoms. The topological polar surface area (TPSA) is 57.8 Å². The van der Waals surface area contributed by atoms with Gasteiger partial charge in [-0.3, -0.25) is 9.20 Å². The molecule has 2 rings (SSSR count). The lowest BCUT2D eigenvalue weighted by molar-refractivity contribution is -0.205. The van der Waals surface area contributed by atoms with Gasteiger partial charge in [0.2, 0.25) is 0 Å². The Balaban J connectivity index is 2.30. The van der Waals surface area contributed by atoms with Gasteiger partial charge in [0.05, 0.1) is 12.1 Å². The number of imidazole rings is 1. The number of aliphatic hydroxyl groups excluding tert-OH is 1. The average molecular weight is 333 g/mol. The summed E-state index contributed by atoms with van der Waals surface area (Å²) in [6, 6.07) is 5.14. The molecule has 0 aliphatic rings. The Labute approximate surface area is 128 Å². The van der Waals surface area contributed by atoms with Gasteiger partial charge < -0.3 is 10.0 Å². The smallest absolute Gasteiger partial charge is 0.382 e. The van der Waals surface area contributed by atoms with Crippen molar-refractivity contribution in [2.24, 2.45) is 0 Å². The minimum atomic E-state index is -4.77. The van der Waals surface area contributed by atoms with Crippen LogP contribution >= 0.6 is 11.8 Å². The summed E-state index contributed by atoms with van der Waals surface area (Å²) >= 11 is 1.32. The van der Waals surface area contributed by atoms with Crippen LogP contribution in [-0.4, -0.2) is 57.4 Å². The van der Waals surface area contributed by atoms with Gasteiger partial charge in [-0.1, -0.05) is 17.8 Å². The summed E-state index contributed by atoms with van der Waals surface area (Å²) in [6.45, 7) is -0.844. The van der Waals surface area contributed by atoms with Gasteiger partial charge in [-0.05, 0) is 18.4 Å². The van der Waals surface area contributed by atoms with Crippen LogP contribution in [-0.2, 0) is 0 Å². The SMILES string of the molecule is CSc1nc(C(=O)N(C)CC(O)C(F)(F)F)c2ccccn12. The van der Waals surface area contributed by atoms with Crippen molar-refractivity contribution in [3.8, 4) is 0 Å². The van der Waals surface area contributed by atoms with Crippen LogP contribution in [0, 0.1) is 0 Å². The minimum absolute atomic E-state index is 0.0572. The van der Waals surface area contributed by atoms with Crippen molar-refractivity contribution in [1.82, 2.24) is 14.3 Å². The number of hydrogen-bond donors (Lipinski definition) is 1. The molecular formula is C13H14F3N3O2S. The zero-order chi connectivity index (χ0) is 16.5. The Hall–Kier alpha value is -1.74. The number of likely N-dealkylation sites (N-methyl/N-ethyl adjacent to an activating group) is 1. The Bertz CT molecular complexity index is 687. The molecule has 0 radical (unpaired) electrons. The third-order valence-corrected chi connectivity index (χ3v) is 3.73. The number of nitrogens with zero attached hydrogens (tertiary/aromatic N) is 3. The molecule has 0 fully saturated rings. The molecular weight excluding hydrogens is 319 g/mol. The van der Waals surface area contributed by atoms with Crippen molar-refractivity contribution in [2.75, 3.05) is 19.8 Å². The van der Waals surface area contributed by atoms with Crippen LogP contribution in [0.25, 0.3) is 5.52 Å². The number of aromatic nitrogens is 2. The van der Waals surface area contributed by atoms with E-state index in [0.29, 0.717) is 10.7 Å². The first-order valence-electron chi connectivity index (χ1n) is 6.27. The molecule has 22 heavy (non-hydrogen) atoms. The van der Waals surface area contributed by atoms with E-state index >= 15 is 0 Å². The van der Waals surface area contributed by atoms with E-state index in [9.17, 15) is 18.0 Å². The van der Waals surface area contributed by atoms with Crippen LogP contribution in [0.15, 0.2) is 29.6 Å². The highest BCUT2D eigenvalue weighted by molar-refractivity contribution is 7.98. The molecule has 0 saturated carbocycles. The number of rotatable bonds is 4. The summed E-state index contributed by atoms with van der Waals surface area (Å²) in [7, 11) is 1.20. The Morgan fingerprint density at radius 3 is 2.77 bits per heavy atom. The standard InChI is InChI=1S/C13H14F3N3O2S/c1-18(7-9(20)13(14,15)16)11(21)10-8-5-3-4-6-19(8)12(17-10)22-2/h3-6,9,20H,7H2,1-2H3. The van der Waals surface area contributed by atoms with Crippen LogP contribution in [0.3, 0.4) is 0 Å². The Morgan fingerprint density at radius 2 is 2.18 bits per heavy atom. The van der Waals surface area contributed by atoms with E-state index in [-0.39, 0.29) is 5.69 Å². The molecule has 120 valence electrons. The Kier molecular flexibility index (Phi) is 4.66. The fraction of sp³-hybridized carbons (Fsp3) is 0.385. The van der Waals surface area contributed by atoms with Gasteiger partial charge in [0, 0.05) is 13.2 Å². The molecule has 0 aliphatic heterocycles. The van der Waals surface area contributed by atoms with Crippen molar-refractivity contribution >= 4 is 23.2 Å². The fourth-order valence-electron chi connectivity index (χ4n) is 1.94. The average Bonchev–Trinajstić information content (AvgIpc) is 2.84. The lowest BCUT2D eigenvalue weighted by atomic mass is 10.2. The number of halogens is 3. The first kappa shape index (κ1) is 16.6. The number of aliphatic hydroxyl groups is 1. The molecule has 1 unspecified atom stereocenters. The second kappa shape index (κ2) is 6.17. The lowest BCUT2D eigenvalue weighted by Gasteiger charge is -2.21. The van der Waals surface area contributed by atoms with Crippen LogP contribution < -0.4 is 0 Å². The number of fused-ring (bicyclic) bond motifs is 1. The van der Waals surface area contributed by atoms with E-state index in [0.717, 1.165) is 4.90 Å². The van der Waals surface area contributed by atoms with E-state index in [4.69, 9.17) is 5.11 Å². The monoisotopic (exact) mass is 333 g/mol. The van der Waals surface area contributed by atoms with E-state index < -0.39 is 24.7 Å². The maximum Gasteiger partial charge on any atom is 0.416 e. The van der Waals surface area contributed by atoms with Crippen molar-refractivity contribution < 1.29 is 23.1 Å². The number of carbonyl (C=O) groups excluding carboxylic acids is 1. The third kappa shape index (κ3) is 3.20. The first-order valence-corrected chi connectivity index (χ1v) is 7.49. The van der Waals surface area contributed by atoms with E-state index in [1.54, 1.807) is 35.1 Å². The maximum absolute atomic E-state index is 12.4. The molecule has 5 nitrogen and oxygen atoms in total. The molecule has 1 atom stereocenters. The predicted octanol–water partition coefficient (Wildman–Crippen LogP) is 2.05. The van der Waals surface area contributed by atoms with Crippen LogP contribution in [0.1, 0.15) is 10.5 Å². The molecule has 0 spiro atoms. The van der Waals surface area contributed by atoms with E-state index in [2.05, 4.69) is 4.98 Å². The first-order chi connectivity index (χ1) is 10.3. The molecule has 0 aromatic carbocycles. The molecule has 1 amide bonds. The number of hydrogen-bond acceptors (Lipinski definition) is 4. The summed E-state index contributed by atoms with van der Waals surface area (Å²) in [5.41, 5.74) is 0.562.